The maximum Gasteiger partial charge on any atom is 0.338 e. The number of pyridine rings is 1. The van der Waals surface area contributed by atoms with Crippen LogP contribution in [0.25, 0.3) is 0 Å². The number of halogens is 1. The summed E-state index contributed by atoms with van der Waals surface area (Å²) in [6, 6.07) is 0. The molecule has 0 fully saturated rings. The summed E-state index contributed by atoms with van der Waals surface area (Å²) >= 11 is 5.86. The lowest BCUT2D eigenvalue weighted by molar-refractivity contribution is 0.0696. The van der Waals surface area contributed by atoms with E-state index in [1.54, 1.807) is 0 Å². The van der Waals surface area contributed by atoms with Gasteiger partial charge in [0.2, 0.25) is 0 Å². The topological polar surface area (TPSA) is 84.3 Å². The van der Waals surface area contributed by atoms with Gasteiger partial charge in [-0.05, 0) is 0 Å². The molecule has 0 atom stereocenters. The molecule has 0 saturated heterocycles. The summed E-state index contributed by atoms with van der Waals surface area (Å²) in [5.74, 6) is -1.39. The molecule has 1 N–H and O–H groups in total. The van der Waals surface area contributed by atoms with Crippen LogP contribution in [0.5, 0.6) is 0 Å². The zero-order valence-electron chi connectivity index (χ0n) is 8.10. The van der Waals surface area contributed by atoms with Crippen LogP contribution in [0.2, 0.25) is 5.02 Å². The maximum absolute atomic E-state index is 11.4. The number of carboxylic acids is 1. The Morgan fingerprint density at radius 3 is 2.81 bits per heavy atom. The third-order valence-corrected chi connectivity index (χ3v) is 4.43. The largest absolute Gasteiger partial charge is 0.478 e. The Morgan fingerprint density at radius 2 is 2.19 bits per heavy atom. The molecule has 86 valence electrons. The normalized spacial score (nSPS) is 17.8. The van der Waals surface area contributed by atoms with Crippen molar-refractivity contribution >= 4 is 27.4 Å². The van der Waals surface area contributed by atoms with Crippen molar-refractivity contribution in [2.45, 2.75) is 12.2 Å². The third-order valence-electron chi connectivity index (χ3n) is 2.44. The number of fused-ring (bicyclic) bond motifs is 1. The maximum atomic E-state index is 11.4. The Bertz CT molecular complexity index is 567. The predicted molar refractivity (Wildman–Crippen MR) is 57.4 cm³/mol. The highest BCUT2D eigenvalue weighted by molar-refractivity contribution is 7.90. The number of carboxylic acid groups (broad SMARTS) is 1. The van der Waals surface area contributed by atoms with Gasteiger partial charge in [0.25, 0.3) is 0 Å². The van der Waals surface area contributed by atoms with E-state index >= 15 is 0 Å². The minimum atomic E-state index is -3.18. The number of aromatic carboxylic acids is 1. The molecule has 0 aliphatic carbocycles. The van der Waals surface area contributed by atoms with E-state index in [1.807, 2.05) is 0 Å². The van der Waals surface area contributed by atoms with Gasteiger partial charge < -0.3 is 5.11 Å². The van der Waals surface area contributed by atoms with Gasteiger partial charge in [-0.15, -0.1) is 0 Å². The summed E-state index contributed by atoms with van der Waals surface area (Å²) < 4.78 is 22.8. The summed E-state index contributed by atoms with van der Waals surface area (Å²) in [7, 11) is -3.18. The first-order valence-corrected chi connectivity index (χ1v) is 6.70. The van der Waals surface area contributed by atoms with Gasteiger partial charge in [0.05, 0.1) is 22.1 Å². The molecule has 1 aliphatic rings. The molecule has 0 aromatic carbocycles. The summed E-state index contributed by atoms with van der Waals surface area (Å²) in [5.41, 5.74) is 0.746. The number of hydrogen-bond acceptors (Lipinski definition) is 4. The van der Waals surface area contributed by atoms with Gasteiger partial charge in [0, 0.05) is 23.9 Å². The van der Waals surface area contributed by atoms with Crippen molar-refractivity contribution in [1.29, 1.82) is 0 Å². The summed E-state index contributed by atoms with van der Waals surface area (Å²) in [6.45, 7) is 0. The zero-order chi connectivity index (χ0) is 11.9. The third kappa shape index (κ3) is 1.90. The van der Waals surface area contributed by atoms with Crippen LogP contribution in [-0.4, -0.2) is 30.2 Å². The molecule has 0 bridgehead atoms. The van der Waals surface area contributed by atoms with Crippen molar-refractivity contribution in [1.82, 2.24) is 4.98 Å². The van der Waals surface area contributed by atoms with E-state index < -0.39 is 15.8 Å². The number of carbonyl (C=O) groups is 1. The lowest BCUT2D eigenvalue weighted by atomic mass is 10.1. The number of hydrogen-bond donors (Lipinski definition) is 1. The SMILES string of the molecule is O=C(O)c1cnc2c(c1Cl)CS(=O)(=O)CC2. The molecule has 2 rings (SSSR count). The van der Waals surface area contributed by atoms with E-state index in [2.05, 4.69) is 4.98 Å². The van der Waals surface area contributed by atoms with Crippen LogP contribution in [0, 0.1) is 0 Å². The molecule has 0 spiro atoms. The number of rotatable bonds is 1. The average molecular weight is 262 g/mol. The van der Waals surface area contributed by atoms with Crippen molar-refractivity contribution in [3.63, 3.8) is 0 Å². The zero-order valence-corrected chi connectivity index (χ0v) is 9.68. The molecule has 0 saturated carbocycles. The van der Waals surface area contributed by atoms with Crippen LogP contribution >= 0.6 is 11.6 Å². The fourth-order valence-electron chi connectivity index (χ4n) is 1.62. The monoisotopic (exact) mass is 261 g/mol. The second-order valence-corrected chi connectivity index (χ2v) is 6.12. The Balaban J connectivity index is 2.61. The van der Waals surface area contributed by atoms with Crippen molar-refractivity contribution in [3.05, 3.63) is 28.0 Å². The Kier molecular flexibility index (Phi) is 2.63. The molecule has 1 aromatic rings. The highest BCUT2D eigenvalue weighted by Crippen LogP contribution is 2.28. The molecule has 0 radical (unpaired) electrons. The first-order chi connectivity index (χ1) is 7.41. The lowest BCUT2D eigenvalue weighted by Crippen LogP contribution is -2.21. The number of sulfone groups is 1. The Morgan fingerprint density at radius 1 is 1.50 bits per heavy atom. The molecule has 0 unspecified atom stereocenters. The van der Waals surface area contributed by atoms with Gasteiger partial charge in [0.15, 0.2) is 9.84 Å². The molecule has 2 heterocycles. The van der Waals surface area contributed by atoms with E-state index in [1.165, 1.54) is 6.20 Å². The van der Waals surface area contributed by atoms with Crippen molar-refractivity contribution in [2.24, 2.45) is 0 Å². The van der Waals surface area contributed by atoms with Gasteiger partial charge in [-0.1, -0.05) is 11.6 Å². The highest BCUT2D eigenvalue weighted by Gasteiger charge is 2.27. The van der Waals surface area contributed by atoms with Gasteiger partial charge in [-0.3, -0.25) is 4.98 Å². The van der Waals surface area contributed by atoms with Crippen LogP contribution in [0.15, 0.2) is 6.20 Å². The second kappa shape index (κ2) is 3.71. The fourth-order valence-corrected chi connectivity index (χ4v) is 3.41. The van der Waals surface area contributed by atoms with Crippen LogP contribution in [0.1, 0.15) is 21.6 Å². The second-order valence-electron chi connectivity index (χ2n) is 3.56. The van der Waals surface area contributed by atoms with Gasteiger partial charge >= 0.3 is 5.97 Å². The predicted octanol–water partition coefficient (Wildman–Crippen LogP) is 0.904. The van der Waals surface area contributed by atoms with Crippen LogP contribution in [0.4, 0.5) is 0 Å². The number of nitrogens with zero attached hydrogens (tertiary/aromatic N) is 1. The molecular weight excluding hydrogens is 254 g/mol. The average Bonchev–Trinajstić information content (AvgIpc) is 2.18. The van der Waals surface area contributed by atoms with E-state index in [0.717, 1.165) is 0 Å². The summed E-state index contributed by atoms with van der Waals surface area (Å²) in [4.78, 5) is 14.7. The quantitative estimate of drug-likeness (QED) is 0.812. The molecule has 1 aromatic heterocycles. The molecule has 0 amide bonds. The molecule has 1 aliphatic heterocycles. The van der Waals surface area contributed by atoms with E-state index in [0.29, 0.717) is 11.3 Å². The van der Waals surface area contributed by atoms with E-state index in [4.69, 9.17) is 16.7 Å². The van der Waals surface area contributed by atoms with E-state index in [-0.39, 0.29) is 28.5 Å². The van der Waals surface area contributed by atoms with Gasteiger partial charge in [0.1, 0.15) is 0 Å². The van der Waals surface area contributed by atoms with Crippen LogP contribution in [-0.2, 0) is 22.0 Å². The van der Waals surface area contributed by atoms with Crippen molar-refractivity contribution in [3.8, 4) is 0 Å². The summed E-state index contributed by atoms with van der Waals surface area (Å²) in [5, 5.41) is 8.81. The standard InChI is InChI=1S/C9H8ClNO4S/c10-8-5(9(12)13)3-11-7-1-2-16(14,15)4-6(7)8/h3H,1-2,4H2,(H,12,13). The van der Waals surface area contributed by atoms with Crippen molar-refractivity contribution in [2.75, 3.05) is 5.75 Å². The minimum absolute atomic E-state index is 0.0132. The lowest BCUT2D eigenvalue weighted by Gasteiger charge is -2.17. The fraction of sp³-hybridized carbons (Fsp3) is 0.333. The highest BCUT2D eigenvalue weighted by atomic mass is 35.5. The molecular formula is C9H8ClNO4S. The smallest absolute Gasteiger partial charge is 0.338 e. The molecule has 5 nitrogen and oxygen atoms in total. The summed E-state index contributed by atoms with van der Waals surface area (Å²) in [6.07, 6.45) is 1.46. The Hall–Kier alpha value is -1.14. The number of aryl methyl sites for hydroxylation is 1. The van der Waals surface area contributed by atoms with Gasteiger partial charge in [-0.25, -0.2) is 13.2 Å². The van der Waals surface area contributed by atoms with E-state index in [9.17, 15) is 13.2 Å². The first-order valence-electron chi connectivity index (χ1n) is 4.50. The van der Waals surface area contributed by atoms with Gasteiger partial charge in [-0.2, -0.15) is 0 Å². The molecule has 16 heavy (non-hydrogen) atoms. The number of aromatic nitrogens is 1. The van der Waals surface area contributed by atoms with Crippen molar-refractivity contribution < 1.29 is 18.3 Å². The molecule has 7 heteroatoms. The minimum Gasteiger partial charge on any atom is -0.478 e. The Labute approximate surface area is 97.0 Å². The first kappa shape index (κ1) is 11.3. The van der Waals surface area contributed by atoms with Crippen LogP contribution < -0.4 is 0 Å². The van der Waals surface area contributed by atoms with Crippen LogP contribution in [0.3, 0.4) is 0 Å².